The van der Waals surface area contributed by atoms with Gasteiger partial charge in [0.1, 0.15) is 0 Å². The van der Waals surface area contributed by atoms with E-state index in [4.69, 9.17) is 9.47 Å². The summed E-state index contributed by atoms with van der Waals surface area (Å²) in [5.41, 5.74) is 4.38. The van der Waals surface area contributed by atoms with Crippen LogP contribution in [0.1, 0.15) is 46.3 Å². The van der Waals surface area contributed by atoms with Crippen molar-refractivity contribution in [3.8, 4) is 11.5 Å². The van der Waals surface area contributed by atoms with Crippen molar-refractivity contribution in [2.24, 2.45) is 0 Å². The summed E-state index contributed by atoms with van der Waals surface area (Å²) in [5, 5.41) is 0. The molecule has 0 N–H and O–H groups in total. The standard InChI is InChI=1S/C20H20O3/c1-22-18-10-14-16(11-19(18)23-2)20(12-17(14)21)9-5-7-13-6-3-4-8-15(13)20/h3-4,6,8,10-11H,5,7,9,12H2,1-2H3. The average Bonchev–Trinajstić information content (AvgIpc) is 2.86. The molecule has 2 aliphatic rings. The minimum atomic E-state index is -0.194. The van der Waals surface area contributed by atoms with E-state index in [0.717, 1.165) is 30.4 Å². The molecule has 1 spiro atoms. The van der Waals surface area contributed by atoms with Crippen LogP contribution in [0.5, 0.6) is 11.5 Å². The zero-order valence-electron chi connectivity index (χ0n) is 13.5. The third-order valence-electron chi connectivity index (χ3n) is 5.38. The number of rotatable bonds is 2. The van der Waals surface area contributed by atoms with Gasteiger partial charge in [0.2, 0.25) is 0 Å². The van der Waals surface area contributed by atoms with Crippen LogP contribution in [-0.4, -0.2) is 20.0 Å². The fourth-order valence-electron chi connectivity index (χ4n) is 4.35. The quantitative estimate of drug-likeness (QED) is 0.843. The highest BCUT2D eigenvalue weighted by Gasteiger charge is 2.47. The fourth-order valence-corrected chi connectivity index (χ4v) is 4.35. The van der Waals surface area contributed by atoms with E-state index in [1.807, 2.05) is 12.1 Å². The first kappa shape index (κ1) is 14.3. The zero-order valence-corrected chi connectivity index (χ0v) is 13.5. The third kappa shape index (κ3) is 1.92. The Labute approximate surface area is 136 Å². The van der Waals surface area contributed by atoms with E-state index in [0.29, 0.717) is 17.9 Å². The Balaban J connectivity index is 1.98. The molecule has 3 heteroatoms. The van der Waals surface area contributed by atoms with Crippen LogP contribution in [0.4, 0.5) is 0 Å². The number of carbonyl (C=O) groups is 1. The third-order valence-corrected chi connectivity index (χ3v) is 5.38. The minimum absolute atomic E-state index is 0.194. The second kappa shape index (κ2) is 5.12. The highest BCUT2D eigenvalue weighted by atomic mass is 16.5. The maximum absolute atomic E-state index is 12.7. The highest BCUT2D eigenvalue weighted by Crippen LogP contribution is 2.52. The molecule has 0 fully saturated rings. The first-order chi connectivity index (χ1) is 11.2. The first-order valence-corrected chi connectivity index (χ1v) is 8.08. The number of hydrogen-bond donors (Lipinski definition) is 0. The van der Waals surface area contributed by atoms with E-state index < -0.39 is 0 Å². The summed E-state index contributed by atoms with van der Waals surface area (Å²) < 4.78 is 10.9. The molecule has 0 radical (unpaired) electrons. The van der Waals surface area contributed by atoms with Gasteiger partial charge < -0.3 is 9.47 Å². The number of benzene rings is 2. The SMILES string of the molecule is COc1cc2c(cc1OC)C1(CCCc3ccccc31)CC2=O. The molecule has 2 aromatic carbocycles. The number of ether oxygens (including phenoxy) is 2. The monoisotopic (exact) mass is 308 g/mol. The molecule has 118 valence electrons. The summed E-state index contributed by atoms with van der Waals surface area (Å²) in [6, 6.07) is 12.4. The van der Waals surface area contributed by atoms with Gasteiger partial charge >= 0.3 is 0 Å². The van der Waals surface area contributed by atoms with Gasteiger partial charge in [-0.1, -0.05) is 24.3 Å². The van der Waals surface area contributed by atoms with E-state index in [1.54, 1.807) is 14.2 Å². The van der Waals surface area contributed by atoms with Gasteiger partial charge in [0, 0.05) is 17.4 Å². The van der Waals surface area contributed by atoms with Gasteiger partial charge in [-0.25, -0.2) is 0 Å². The van der Waals surface area contributed by atoms with E-state index in [9.17, 15) is 4.79 Å². The second-order valence-electron chi connectivity index (χ2n) is 6.45. The maximum Gasteiger partial charge on any atom is 0.164 e. The van der Waals surface area contributed by atoms with Crippen molar-refractivity contribution in [1.82, 2.24) is 0 Å². The summed E-state index contributed by atoms with van der Waals surface area (Å²) in [4.78, 5) is 12.7. The maximum atomic E-state index is 12.7. The van der Waals surface area contributed by atoms with E-state index in [-0.39, 0.29) is 11.2 Å². The van der Waals surface area contributed by atoms with Gasteiger partial charge in [-0.3, -0.25) is 4.79 Å². The molecule has 0 amide bonds. The molecule has 0 bridgehead atoms. The Morgan fingerprint density at radius 1 is 1.00 bits per heavy atom. The van der Waals surface area contributed by atoms with Gasteiger partial charge in [0.15, 0.2) is 17.3 Å². The van der Waals surface area contributed by atoms with Crippen LogP contribution in [0.3, 0.4) is 0 Å². The summed E-state index contributed by atoms with van der Waals surface area (Å²) in [7, 11) is 3.25. The van der Waals surface area contributed by atoms with Gasteiger partial charge in [-0.2, -0.15) is 0 Å². The minimum Gasteiger partial charge on any atom is -0.493 e. The average molecular weight is 308 g/mol. The molecule has 3 nitrogen and oxygen atoms in total. The van der Waals surface area contributed by atoms with Crippen LogP contribution < -0.4 is 9.47 Å². The molecule has 4 rings (SSSR count). The summed E-state index contributed by atoms with van der Waals surface area (Å²) in [5.74, 6) is 1.53. The van der Waals surface area contributed by atoms with Crippen LogP contribution in [0.15, 0.2) is 36.4 Å². The lowest BCUT2D eigenvalue weighted by molar-refractivity contribution is 0.0976. The van der Waals surface area contributed by atoms with Crippen molar-refractivity contribution in [3.63, 3.8) is 0 Å². The molecular formula is C20H20O3. The molecule has 23 heavy (non-hydrogen) atoms. The number of Topliss-reactive ketones (excluding diaryl/α,β-unsaturated/α-hetero) is 1. The predicted octanol–water partition coefficient (Wildman–Crippen LogP) is 3.91. The second-order valence-corrected chi connectivity index (χ2v) is 6.45. The fraction of sp³-hybridized carbons (Fsp3) is 0.350. The van der Waals surface area contributed by atoms with Crippen molar-refractivity contribution in [2.45, 2.75) is 31.1 Å². The van der Waals surface area contributed by atoms with Gasteiger partial charge in [0.05, 0.1) is 14.2 Å². The Morgan fingerprint density at radius 2 is 1.74 bits per heavy atom. The number of ketones is 1. The number of fused-ring (bicyclic) bond motifs is 4. The summed E-state index contributed by atoms with van der Waals surface area (Å²) >= 11 is 0. The normalized spacial score (nSPS) is 21.9. The van der Waals surface area contributed by atoms with Gasteiger partial charge in [-0.15, -0.1) is 0 Å². The van der Waals surface area contributed by atoms with Crippen LogP contribution in [0.25, 0.3) is 0 Å². The van der Waals surface area contributed by atoms with Crippen molar-refractivity contribution in [3.05, 3.63) is 58.7 Å². The van der Waals surface area contributed by atoms with Crippen molar-refractivity contribution < 1.29 is 14.3 Å². The number of hydrogen-bond acceptors (Lipinski definition) is 3. The van der Waals surface area contributed by atoms with Crippen LogP contribution in [0.2, 0.25) is 0 Å². The first-order valence-electron chi connectivity index (χ1n) is 8.08. The molecule has 0 heterocycles. The number of aryl methyl sites for hydroxylation is 1. The molecule has 2 aliphatic carbocycles. The Morgan fingerprint density at radius 3 is 2.52 bits per heavy atom. The predicted molar refractivity (Wildman–Crippen MR) is 88.7 cm³/mol. The molecule has 0 saturated carbocycles. The van der Waals surface area contributed by atoms with Crippen molar-refractivity contribution in [1.29, 1.82) is 0 Å². The summed E-state index contributed by atoms with van der Waals surface area (Å²) in [6.07, 6.45) is 3.76. The summed E-state index contributed by atoms with van der Waals surface area (Å²) in [6.45, 7) is 0. The number of methoxy groups -OCH3 is 2. The van der Waals surface area contributed by atoms with E-state index >= 15 is 0 Å². The topological polar surface area (TPSA) is 35.5 Å². The molecular weight excluding hydrogens is 288 g/mol. The molecule has 1 unspecified atom stereocenters. The Kier molecular flexibility index (Phi) is 3.19. The zero-order chi connectivity index (χ0) is 16.0. The lowest BCUT2D eigenvalue weighted by atomic mass is 9.66. The van der Waals surface area contributed by atoms with Gasteiger partial charge in [-0.05, 0) is 48.1 Å². The van der Waals surface area contributed by atoms with Crippen LogP contribution in [-0.2, 0) is 11.8 Å². The smallest absolute Gasteiger partial charge is 0.164 e. The lowest BCUT2D eigenvalue weighted by Crippen LogP contribution is -2.30. The molecule has 0 saturated heterocycles. The Hall–Kier alpha value is -2.29. The van der Waals surface area contributed by atoms with Crippen molar-refractivity contribution >= 4 is 5.78 Å². The lowest BCUT2D eigenvalue weighted by Gasteiger charge is -2.36. The van der Waals surface area contributed by atoms with Gasteiger partial charge in [0.25, 0.3) is 0 Å². The largest absolute Gasteiger partial charge is 0.493 e. The molecule has 0 aromatic heterocycles. The van der Waals surface area contributed by atoms with Crippen LogP contribution in [0, 0.1) is 0 Å². The van der Waals surface area contributed by atoms with E-state index in [2.05, 4.69) is 24.3 Å². The van der Waals surface area contributed by atoms with Crippen molar-refractivity contribution in [2.75, 3.05) is 14.2 Å². The molecule has 1 atom stereocenters. The molecule has 2 aromatic rings. The number of carbonyl (C=O) groups excluding carboxylic acids is 1. The molecule has 0 aliphatic heterocycles. The van der Waals surface area contributed by atoms with Crippen LogP contribution >= 0.6 is 0 Å². The Bertz CT molecular complexity index is 793. The van der Waals surface area contributed by atoms with E-state index in [1.165, 1.54) is 11.1 Å². The highest BCUT2D eigenvalue weighted by molar-refractivity contribution is 6.03.